The molecule has 0 radical (unpaired) electrons. The zero-order valence-electron chi connectivity index (χ0n) is 22.2. The molecule has 40 heavy (non-hydrogen) atoms. The lowest BCUT2D eigenvalue weighted by Crippen LogP contribution is -2.34. The summed E-state index contributed by atoms with van der Waals surface area (Å²) in [6.45, 7) is 0. The van der Waals surface area contributed by atoms with Crippen LogP contribution in [0.2, 0.25) is 0 Å². The van der Waals surface area contributed by atoms with Crippen molar-refractivity contribution >= 4 is 11.8 Å². The van der Waals surface area contributed by atoms with Crippen LogP contribution >= 0.6 is 0 Å². The molecule has 4 aromatic rings. The van der Waals surface area contributed by atoms with Gasteiger partial charge in [0.25, 0.3) is 5.91 Å². The second kappa shape index (κ2) is 10.2. The maximum atomic E-state index is 13.6. The first-order valence-corrected chi connectivity index (χ1v) is 13.3. The van der Waals surface area contributed by atoms with Crippen LogP contribution in [0.3, 0.4) is 0 Å². The topological polar surface area (TPSA) is 76.7 Å². The number of methoxy groups -OCH3 is 1. The minimum absolute atomic E-state index is 0.158. The highest BCUT2D eigenvalue weighted by atomic mass is 19.1. The summed E-state index contributed by atoms with van der Waals surface area (Å²) in [7, 11) is 3.17. The van der Waals surface area contributed by atoms with E-state index in [-0.39, 0.29) is 23.2 Å². The zero-order chi connectivity index (χ0) is 27.9. The number of carbonyl (C=O) groups is 2. The Kier molecular flexibility index (Phi) is 6.50. The normalized spacial score (nSPS) is 18.3. The summed E-state index contributed by atoms with van der Waals surface area (Å²) < 4.78 is 25.4. The Bertz CT molecular complexity index is 1580. The first-order chi connectivity index (χ1) is 19.4. The number of halogens is 1. The summed E-state index contributed by atoms with van der Waals surface area (Å²) in [5.41, 5.74) is 4.21. The molecule has 1 heterocycles. The van der Waals surface area contributed by atoms with Gasteiger partial charge in [-0.1, -0.05) is 48.5 Å². The SMILES string of the molecule is CNC(=O)C1c2cc(-c3cc(C(=O)NC4(c5ccccc5)CC4)ccc3OC)ccc2OC1c1ccc(F)cc1. The van der Waals surface area contributed by atoms with E-state index in [9.17, 15) is 14.0 Å². The maximum Gasteiger partial charge on any atom is 0.251 e. The van der Waals surface area contributed by atoms with Crippen LogP contribution in [0, 0.1) is 5.82 Å². The standard InChI is InChI=1S/C33H29FN2O4/c1-35-32(38)29-26-18-21(10-15-28(26)40-30(29)20-8-12-24(34)13-9-20)25-19-22(11-14-27(25)39-2)31(37)36-33(16-17-33)23-6-4-3-5-7-23/h3-15,18-19,29-30H,16-17H2,1-2H3,(H,35,38)(H,36,37). The first-order valence-electron chi connectivity index (χ1n) is 13.3. The van der Waals surface area contributed by atoms with E-state index in [0.29, 0.717) is 28.2 Å². The fourth-order valence-corrected chi connectivity index (χ4v) is 5.51. The van der Waals surface area contributed by atoms with Crippen LogP contribution in [-0.2, 0) is 10.3 Å². The molecular formula is C33H29FN2O4. The molecular weight excluding hydrogens is 507 g/mol. The number of nitrogens with one attached hydrogen (secondary N) is 2. The summed E-state index contributed by atoms with van der Waals surface area (Å²) in [5.74, 6) is -0.173. The Labute approximate surface area is 232 Å². The number of fused-ring (bicyclic) bond motifs is 1. The van der Waals surface area contributed by atoms with Crippen molar-refractivity contribution in [2.24, 2.45) is 0 Å². The third kappa shape index (κ3) is 4.57. The van der Waals surface area contributed by atoms with Gasteiger partial charge in [0.15, 0.2) is 0 Å². The second-order valence-corrected chi connectivity index (χ2v) is 10.3. The molecule has 2 amide bonds. The maximum absolute atomic E-state index is 13.6. The van der Waals surface area contributed by atoms with E-state index >= 15 is 0 Å². The summed E-state index contributed by atoms with van der Waals surface area (Å²) in [6, 6.07) is 27.0. The first kappa shape index (κ1) is 25.6. The Balaban J connectivity index is 1.34. The highest BCUT2D eigenvalue weighted by molar-refractivity contribution is 5.97. The molecule has 1 fully saturated rings. The van der Waals surface area contributed by atoms with Crippen molar-refractivity contribution in [1.82, 2.24) is 10.6 Å². The van der Waals surface area contributed by atoms with E-state index in [1.165, 1.54) is 12.1 Å². The molecule has 0 aromatic heterocycles. The fraction of sp³-hybridized carbons (Fsp3) is 0.212. The van der Waals surface area contributed by atoms with Crippen LogP contribution < -0.4 is 20.1 Å². The predicted octanol–water partition coefficient (Wildman–Crippen LogP) is 5.88. The van der Waals surface area contributed by atoms with Crippen molar-refractivity contribution < 1.29 is 23.5 Å². The summed E-state index contributed by atoms with van der Waals surface area (Å²) in [5, 5.41) is 5.97. The number of carbonyl (C=O) groups excluding carboxylic acids is 2. The van der Waals surface area contributed by atoms with E-state index in [2.05, 4.69) is 10.6 Å². The smallest absolute Gasteiger partial charge is 0.251 e. The highest BCUT2D eigenvalue weighted by Crippen LogP contribution is 2.48. The Morgan fingerprint density at radius 1 is 0.950 bits per heavy atom. The van der Waals surface area contributed by atoms with Gasteiger partial charge in [0.2, 0.25) is 5.91 Å². The number of benzene rings is 4. The summed E-state index contributed by atoms with van der Waals surface area (Å²) in [6.07, 6.45) is 1.19. The zero-order valence-corrected chi connectivity index (χ0v) is 22.2. The lowest BCUT2D eigenvalue weighted by Gasteiger charge is -2.19. The number of amides is 2. The van der Waals surface area contributed by atoms with Crippen molar-refractivity contribution in [2.75, 3.05) is 14.2 Å². The number of rotatable bonds is 7. The highest BCUT2D eigenvalue weighted by Gasteiger charge is 2.45. The van der Waals surface area contributed by atoms with Gasteiger partial charge in [-0.3, -0.25) is 9.59 Å². The monoisotopic (exact) mass is 536 g/mol. The molecule has 202 valence electrons. The molecule has 2 atom stereocenters. The molecule has 7 heteroatoms. The number of hydrogen-bond acceptors (Lipinski definition) is 4. The minimum Gasteiger partial charge on any atom is -0.496 e. The Hall–Kier alpha value is -4.65. The van der Waals surface area contributed by atoms with E-state index < -0.39 is 12.0 Å². The molecule has 1 aliphatic carbocycles. The van der Waals surface area contributed by atoms with Gasteiger partial charge in [-0.25, -0.2) is 4.39 Å². The third-order valence-electron chi connectivity index (χ3n) is 7.83. The molecule has 6 rings (SSSR count). The molecule has 2 aliphatic rings. The number of hydrogen-bond donors (Lipinski definition) is 2. The third-order valence-corrected chi connectivity index (χ3v) is 7.83. The largest absolute Gasteiger partial charge is 0.496 e. The minimum atomic E-state index is -0.636. The molecule has 1 saturated carbocycles. The summed E-state index contributed by atoms with van der Waals surface area (Å²) in [4.78, 5) is 26.5. The second-order valence-electron chi connectivity index (χ2n) is 10.3. The van der Waals surface area contributed by atoms with Gasteiger partial charge in [0.1, 0.15) is 29.3 Å². The van der Waals surface area contributed by atoms with E-state index in [1.54, 1.807) is 38.4 Å². The van der Waals surface area contributed by atoms with Crippen LogP contribution in [0.4, 0.5) is 4.39 Å². The van der Waals surface area contributed by atoms with E-state index in [1.807, 2.05) is 54.6 Å². The number of likely N-dealkylation sites (N-methyl/N-ethyl adjacent to an activating group) is 1. The Morgan fingerprint density at radius 2 is 1.70 bits per heavy atom. The van der Waals surface area contributed by atoms with Crippen LogP contribution in [0.5, 0.6) is 11.5 Å². The van der Waals surface area contributed by atoms with Gasteiger partial charge in [0, 0.05) is 23.7 Å². The van der Waals surface area contributed by atoms with Crippen molar-refractivity contribution in [3.05, 3.63) is 119 Å². The average molecular weight is 537 g/mol. The fourth-order valence-electron chi connectivity index (χ4n) is 5.51. The quantitative estimate of drug-likeness (QED) is 0.309. The molecule has 2 N–H and O–H groups in total. The molecule has 4 aromatic carbocycles. The molecule has 0 saturated heterocycles. The van der Waals surface area contributed by atoms with Gasteiger partial charge in [0.05, 0.1) is 12.6 Å². The van der Waals surface area contributed by atoms with E-state index in [4.69, 9.17) is 9.47 Å². The molecule has 0 spiro atoms. The average Bonchev–Trinajstić information content (AvgIpc) is 3.68. The summed E-state index contributed by atoms with van der Waals surface area (Å²) >= 11 is 0. The lowest BCUT2D eigenvalue weighted by atomic mass is 9.88. The van der Waals surface area contributed by atoms with Crippen molar-refractivity contribution in [3.63, 3.8) is 0 Å². The van der Waals surface area contributed by atoms with Gasteiger partial charge >= 0.3 is 0 Å². The van der Waals surface area contributed by atoms with Gasteiger partial charge in [-0.15, -0.1) is 0 Å². The number of ether oxygens (including phenoxy) is 2. The van der Waals surface area contributed by atoms with Crippen LogP contribution in [0.25, 0.3) is 11.1 Å². The Morgan fingerprint density at radius 3 is 2.38 bits per heavy atom. The van der Waals surface area contributed by atoms with Crippen molar-refractivity contribution in [3.8, 4) is 22.6 Å². The molecule has 1 aliphatic heterocycles. The van der Waals surface area contributed by atoms with Gasteiger partial charge in [-0.05, 0) is 72.0 Å². The van der Waals surface area contributed by atoms with Gasteiger partial charge < -0.3 is 20.1 Å². The van der Waals surface area contributed by atoms with Crippen LogP contribution in [0.1, 0.15) is 51.9 Å². The van der Waals surface area contributed by atoms with E-state index in [0.717, 1.165) is 29.5 Å². The van der Waals surface area contributed by atoms with Crippen molar-refractivity contribution in [2.45, 2.75) is 30.4 Å². The van der Waals surface area contributed by atoms with Crippen LogP contribution in [-0.4, -0.2) is 26.0 Å². The molecule has 6 nitrogen and oxygen atoms in total. The predicted molar refractivity (Wildman–Crippen MR) is 150 cm³/mol. The lowest BCUT2D eigenvalue weighted by molar-refractivity contribution is -0.123. The van der Waals surface area contributed by atoms with Gasteiger partial charge in [-0.2, -0.15) is 0 Å². The molecule has 2 unspecified atom stereocenters. The van der Waals surface area contributed by atoms with Crippen LogP contribution in [0.15, 0.2) is 91.0 Å². The van der Waals surface area contributed by atoms with Crippen molar-refractivity contribution in [1.29, 1.82) is 0 Å². The molecule has 0 bridgehead atoms.